The molecule has 182 valence electrons. The molecule has 0 unspecified atom stereocenters. The van der Waals surface area contributed by atoms with Gasteiger partial charge in [-0.1, -0.05) is 11.3 Å². The van der Waals surface area contributed by atoms with Gasteiger partial charge in [0.1, 0.15) is 11.6 Å². The molecule has 9 nitrogen and oxygen atoms in total. The Balaban J connectivity index is 1.27. The first-order valence-electron chi connectivity index (χ1n) is 12.2. The summed E-state index contributed by atoms with van der Waals surface area (Å²) >= 11 is 1.59. The standard InChI is InChI=1S/C25H30N8OS/c1-17-13-18(2)33(30-17)25-28-19-14-24(26-15-22(19)35-25)29-23-6-5-21(32-9-11-34-12-10-32)20(27-23)16-31-7-3-4-8-31/h5-6,13-15H,3-4,7-12,16H2,1-2H3,(H,26,27,29). The highest BCUT2D eigenvalue weighted by Crippen LogP contribution is 2.29. The lowest BCUT2D eigenvalue weighted by atomic mass is 10.2. The number of ether oxygens (including phenoxy) is 1. The highest BCUT2D eigenvalue weighted by Gasteiger charge is 2.20. The molecule has 35 heavy (non-hydrogen) atoms. The van der Waals surface area contributed by atoms with Gasteiger partial charge in [0.2, 0.25) is 5.13 Å². The van der Waals surface area contributed by atoms with Crippen LogP contribution in [0.4, 0.5) is 17.3 Å². The maximum Gasteiger partial charge on any atom is 0.211 e. The lowest BCUT2D eigenvalue weighted by molar-refractivity contribution is 0.122. The fraction of sp³-hybridized carbons (Fsp3) is 0.440. The fourth-order valence-corrected chi connectivity index (χ4v) is 5.79. The summed E-state index contributed by atoms with van der Waals surface area (Å²) in [5, 5.41) is 8.83. The van der Waals surface area contributed by atoms with E-state index in [9.17, 15) is 0 Å². The molecule has 2 saturated heterocycles. The van der Waals surface area contributed by atoms with Crippen molar-refractivity contribution in [1.29, 1.82) is 0 Å². The van der Waals surface area contributed by atoms with Gasteiger partial charge >= 0.3 is 0 Å². The Morgan fingerprint density at radius 3 is 2.60 bits per heavy atom. The zero-order chi connectivity index (χ0) is 23.8. The number of nitrogens with zero attached hydrogens (tertiary/aromatic N) is 7. The van der Waals surface area contributed by atoms with Crippen LogP contribution in [0.3, 0.4) is 0 Å². The second-order valence-corrected chi connectivity index (χ2v) is 10.3. The van der Waals surface area contributed by atoms with Crippen molar-refractivity contribution in [2.24, 2.45) is 0 Å². The summed E-state index contributed by atoms with van der Waals surface area (Å²) < 4.78 is 8.49. The Labute approximate surface area is 208 Å². The van der Waals surface area contributed by atoms with Crippen molar-refractivity contribution in [3.63, 3.8) is 0 Å². The summed E-state index contributed by atoms with van der Waals surface area (Å²) in [7, 11) is 0. The number of anilines is 3. The van der Waals surface area contributed by atoms with Gasteiger partial charge in [-0.2, -0.15) is 5.10 Å². The van der Waals surface area contributed by atoms with Crippen LogP contribution in [0.25, 0.3) is 15.3 Å². The van der Waals surface area contributed by atoms with Gasteiger partial charge in [0.15, 0.2) is 0 Å². The highest BCUT2D eigenvalue weighted by atomic mass is 32.1. The van der Waals surface area contributed by atoms with Crippen molar-refractivity contribution >= 4 is 38.9 Å². The van der Waals surface area contributed by atoms with E-state index < -0.39 is 0 Å². The lowest BCUT2D eigenvalue weighted by Gasteiger charge is -2.31. The minimum Gasteiger partial charge on any atom is -0.378 e. The Hall–Kier alpha value is -3.08. The van der Waals surface area contributed by atoms with Crippen LogP contribution in [0.1, 0.15) is 29.9 Å². The first-order valence-corrected chi connectivity index (χ1v) is 13.1. The largest absolute Gasteiger partial charge is 0.378 e. The number of thiazole rings is 1. The third-order valence-corrected chi connectivity index (χ3v) is 7.57. The molecule has 4 aromatic rings. The van der Waals surface area contributed by atoms with Gasteiger partial charge in [-0.3, -0.25) is 4.90 Å². The zero-order valence-electron chi connectivity index (χ0n) is 20.2. The number of morpholine rings is 1. The molecule has 6 rings (SSSR count). The molecule has 4 aromatic heterocycles. The van der Waals surface area contributed by atoms with Crippen LogP contribution < -0.4 is 10.2 Å². The molecule has 0 spiro atoms. The molecule has 2 aliphatic rings. The Bertz CT molecular complexity index is 1340. The number of likely N-dealkylation sites (tertiary alicyclic amines) is 1. The minimum absolute atomic E-state index is 0.737. The van der Waals surface area contributed by atoms with Crippen LogP contribution in [-0.4, -0.2) is 69.0 Å². The van der Waals surface area contributed by atoms with Crippen LogP contribution in [0, 0.1) is 13.8 Å². The predicted molar refractivity (Wildman–Crippen MR) is 139 cm³/mol. The molecule has 0 bridgehead atoms. The van der Waals surface area contributed by atoms with Crippen LogP contribution in [-0.2, 0) is 11.3 Å². The lowest BCUT2D eigenvalue weighted by Crippen LogP contribution is -2.37. The average molecular weight is 491 g/mol. The van der Waals surface area contributed by atoms with Crippen molar-refractivity contribution in [2.45, 2.75) is 33.2 Å². The predicted octanol–water partition coefficient (Wildman–Crippen LogP) is 4.06. The first kappa shape index (κ1) is 22.4. The van der Waals surface area contributed by atoms with Crippen molar-refractivity contribution in [2.75, 3.05) is 49.6 Å². The quantitative estimate of drug-likeness (QED) is 0.433. The van der Waals surface area contributed by atoms with E-state index in [-0.39, 0.29) is 0 Å². The van der Waals surface area contributed by atoms with Gasteiger partial charge in [-0.05, 0) is 58.0 Å². The minimum atomic E-state index is 0.737. The molecule has 0 atom stereocenters. The molecule has 10 heteroatoms. The van der Waals surface area contributed by atoms with E-state index in [1.54, 1.807) is 11.3 Å². The molecule has 2 aliphatic heterocycles. The van der Waals surface area contributed by atoms with E-state index in [1.165, 1.54) is 18.5 Å². The van der Waals surface area contributed by atoms with Gasteiger partial charge in [0.05, 0.1) is 40.5 Å². The van der Waals surface area contributed by atoms with Gasteiger partial charge in [0, 0.05) is 37.6 Å². The molecule has 6 heterocycles. The topological polar surface area (TPSA) is 84.2 Å². The second kappa shape index (κ2) is 9.52. The Morgan fingerprint density at radius 2 is 1.83 bits per heavy atom. The number of rotatable bonds is 6. The van der Waals surface area contributed by atoms with E-state index in [1.807, 2.05) is 36.9 Å². The molecular formula is C25H30N8OS. The monoisotopic (exact) mass is 490 g/mol. The molecule has 2 fully saturated rings. The molecule has 0 saturated carbocycles. The van der Waals surface area contributed by atoms with E-state index in [0.717, 1.165) is 90.0 Å². The van der Waals surface area contributed by atoms with Crippen molar-refractivity contribution in [3.8, 4) is 5.13 Å². The van der Waals surface area contributed by atoms with E-state index in [2.05, 4.69) is 37.3 Å². The van der Waals surface area contributed by atoms with E-state index in [4.69, 9.17) is 14.7 Å². The van der Waals surface area contributed by atoms with Gasteiger partial charge in [0.25, 0.3) is 0 Å². The van der Waals surface area contributed by atoms with Crippen molar-refractivity contribution < 1.29 is 4.74 Å². The Kier molecular flexibility index (Phi) is 6.09. The van der Waals surface area contributed by atoms with Gasteiger partial charge < -0.3 is 15.0 Å². The number of hydrogen-bond acceptors (Lipinski definition) is 9. The summed E-state index contributed by atoms with van der Waals surface area (Å²) in [6, 6.07) is 8.28. The summed E-state index contributed by atoms with van der Waals surface area (Å²) in [6.07, 6.45) is 4.40. The molecular weight excluding hydrogens is 460 g/mol. The van der Waals surface area contributed by atoms with Crippen LogP contribution >= 0.6 is 11.3 Å². The third-order valence-electron chi connectivity index (χ3n) is 6.59. The Morgan fingerprint density at radius 1 is 1.00 bits per heavy atom. The number of hydrogen-bond donors (Lipinski definition) is 1. The second-order valence-electron chi connectivity index (χ2n) is 9.24. The van der Waals surface area contributed by atoms with Crippen LogP contribution in [0.15, 0.2) is 30.5 Å². The highest BCUT2D eigenvalue weighted by molar-refractivity contribution is 7.20. The van der Waals surface area contributed by atoms with E-state index >= 15 is 0 Å². The molecule has 0 amide bonds. The smallest absolute Gasteiger partial charge is 0.211 e. The van der Waals surface area contributed by atoms with Crippen LogP contribution in [0.5, 0.6) is 0 Å². The fourth-order valence-electron chi connectivity index (χ4n) is 4.86. The van der Waals surface area contributed by atoms with Crippen molar-refractivity contribution in [3.05, 3.63) is 47.5 Å². The summed E-state index contributed by atoms with van der Waals surface area (Å²) in [5.74, 6) is 1.54. The number of pyridine rings is 2. The van der Waals surface area contributed by atoms with Crippen LogP contribution in [0.2, 0.25) is 0 Å². The van der Waals surface area contributed by atoms with Gasteiger partial charge in [-0.25, -0.2) is 19.6 Å². The maximum atomic E-state index is 5.57. The number of fused-ring (bicyclic) bond motifs is 1. The summed E-state index contributed by atoms with van der Waals surface area (Å²) in [6.45, 7) is 10.5. The number of nitrogens with one attached hydrogen (secondary N) is 1. The third kappa shape index (κ3) is 4.73. The molecule has 0 aromatic carbocycles. The first-order chi connectivity index (χ1) is 17.1. The summed E-state index contributed by atoms with van der Waals surface area (Å²) in [4.78, 5) is 19.4. The normalized spacial score (nSPS) is 16.9. The summed E-state index contributed by atoms with van der Waals surface area (Å²) in [5.41, 5.74) is 5.28. The molecule has 1 N–H and O–H groups in total. The van der Waals surface area contributed by atoms with Gasteiger partial charge in [-0.15, -0.1) is 0 Å². The molecule has 0 radical (unpaired) electrons. The maximum absolute atomic E-state index is 5.57. The molecule has 0 aliphatic carbocycles. The SMILES string of the molecule is Cc1cc(C)n(-c2nc3cc(Nc4ccc(N5CCOCC5)c(CN5CCCC5)n4)ncc3s2)n1. The van der Waals surface area contributed by atoms with E-state index in [0.29, 0.717) is 0 Å². The number of aromatic nitrogens is 5. The van der Waals surface area contributed by atoms with Crippen molar-refractivity contribution in [1.82, 2.24) is 29.6 Å². The number of aryl methyl sites for hydroxylation is 2. The zero-order valence-corrected chi connectivity index (χ0v) is 21.0. The average Bonchev–Trinajstić information content (AvgIpc) is 3.59.